The van der Waals surface area contributed by atoms with Gasteiger partial charge in [-0.1, -0.05) is 0 Å². The molecule has 5 N–H and O–H groups in total. The normalized spacial score (nSPS) is 13.6. The Morgan fingerprint density at radius 3 is 2.96 bits per heavy atom. The molecular weight excluding hydrogens is 368 g/mol. The molecule has 27 heavy (non-hydrogen) atoms. The van der Waals surface area contributed by atoms with Gasteiger partial charge < -0.3 is 30.6 Å². The summed E-state index contributed by atoms with van der Waals surface area (Å²) in [6, 6.07) is 8.73. The van der Waals surface area contributed by atoms with Crippen molar-refractivity contribution in [2.45, 2.75) is 12.6 Å². The van der Waals surface area contributed by atoms with Crippen molar-refractivity contribution in [1.29, 1.82) is 0 Å². The summed E-state index contributed by atoms with van der Waals surface area (Å²) in [4.78, 5) is 20.0. The Bertz CT molecular complexity index is 968. The lowest BCUT2D eigenvalue weighted by Crippen LogP contribution is -2.33. The number of ether oxygens (including phenoxy) is 2. The third-order valence-electron chi connectivity index (χ3n) is 4.18. The summed E-state index contributed by atoms with van der Waals surface area (Å²) in [7, 11) is 0. The quantitative estimate of drug-likeness (QED) is 0.512. The number of hydrogen-bond acceptors (Lipinski definition) is 7. The van der Waals surface area contributed by atoms with Crippen LogP contribution in [0.2, 0.25) is 0 Å². The number of aromatic amines is 1. The monoisotopic (exact) mass is 386 g/mol. The van der Waals surface area contributed by atoms with Crippen LogP contribution in [0.1, 0.15) is 27.2 Å². The lowest BCUT2D eigenvalue weighted by atomic mass is 10.1. The van der Waals surface area contributed by atoms with Crippen molar-refractivity contribution in [2.75, 3.05) is 13.3 Å². The highest BCUT2D eigenvalue weighted by Gasteiger charge is 2.19. The van der Waals surface area contributed by atoms with E-state index in [-0.39, 0.29) is 25.9 Å². The van der Waals surface area contributed by atoms with Gasteiger partial charge >= 0.3 is 0 Å². The van der Waals surface area contributed by atoms with E-state index in [2.05, 4.69) is 15.3 Å². The summed E-state index contributed by atoms with van der Waals surface area (Å²) in [6.07, 6.45) is 0. The number of nitrogens with zero attached hydrogens (tertiary/aromatic N) is 1. The van der Waals surface area contributed by atoms with Crippen LogP contribution >= 0.6 is 11.3 Å². The molecule has 0 spiro atoms. The number of nitrogens with two attached hydrogens (primary N) is 1. The minimum Gasteiger partial charge on any atom is -0.454 e. The molecule has 0 radical (unpaired) electrons. The molecule has 1 unspecified atom stereocenters. The Morgan fingerprint density at radius 2 is 2.19 bits per heavy atom. The fraction of sp³-hybridized carbons (Fsp3) is 0.222. The zero-order valence-corrected chi connectivity index (χ0v) is 15.1. The summed E-state index contributed by atoms with van der Waals surface area (Å²) in [6.45, 7) is 0.281. The molecule has 0 saturated carbocycles. The number of hydrogen-bond donors (Lipinski definition) is 4. The Morgan fingerprint density at radius 1 is 1.33 bits per heavy atom. The van der Waals surface area contributed by atoms with Crippen LogP contribution in [-0.4, -0.2) is 34.3 Å². The molecule has 1 atom stereocenters. The lowest BCUT2D eigenvalue weighted by molar-refractivity contribution is 0.0933. The van der Waals surface area contributed by atoms with Gasteiger partial charge in [-0.25, -0.2) is 4.98 Å². The smallest absolute Gasteiger partial charge is 0.268 e. The number of aliphatic hydroxyl groups excluding tert-OH is 1. The number of aliphatic hydroxyl groups is 1. The Kier molecular flexibility index (Phi) is 4.80. The number of amides is 1. The summed E-state index contributed by atoms with van der Waals surface area (Å²) < 4.78 is 10.7. The van der Waals surface area contributed by atoms with E-state index in [0.29, 0.717) is 27.9 Å². The predicted octanol–water partition coefficient (Wildman–Crippen LogP) is 1.79. The summed E-state index contributed by atoms with van der Waals surface area (Å²) in [5.74, 6) is 1.11. The van der Waals surface area contributed by atoms with Crippen LogP contribution in [-0.2, 0) is 6.61 Å². The van der Waals surface area contributed by atoms with Crippen LogP contribution < -0.4 is 20.5 Å². The van der Waals surface area contributed by atoms with E-state index in [1.54, 1.807) is 11.4 Å². The number of rotatable bonds is 6. The zero-order chi connectivity index (χ0) is 18.8. The number of carbonyl (C=O) groups excluding carboxylic acids is 1. The fourth-order valence-corrected chi connectivity index (χ4v) is 3.65. The van der Waals surface area contributed by atoms with Crippen LogP contribution in [0.3, 0.4) is 0 Å². The maximum Gasteiger partial charge on any atom is 0.268 e. The van der Waals surface area contributed by atoms with E-state index in [1.165, 1.54) is 11.3 Å². The van der Waals surface area contributed by atoms with Crippen LogP contribution in [0.4, 0.5) is 0 Å². The molecule has 1 amide bonds. The van der Waals surface area contributed by atoms with E-state index in [1.807, 2.05) is 24.3 Å². The highest BCUT2D eigenvalue weighted by molar-refractivity contribution is 7.09. The third-order valence-corrected chi connectivity index (χ3v) is 5.19. The van der Waals surface area contributed by atoms with Crippen molar-refractivity contribution in [3.05, 3.63) is 52.1 Å². The molecule has 9 heteroatoms. The number of H-pyrrole nitrogens is 1. The minimum absolute atomic E-state index is 0.142. The average molecular weight is 386 g/mol. The van der Waals surface area contributed by atoms with Gasteiger partial charge in [-0.3, -0.25) is 4.79 Å². The molecule has 0 saturated heterocycles. The first-order valence-corrected chi connectivity index (χ1v) is 9.21. The van der Waals surface area contributed by atoms with Gasteiger partial charge in [0.25, 0.3) is 5.91 Å². The van der Waals surface area contributed by atoms with Gasteiger partial charge in [0.05, 0.1) is 18.3 Å². The minimum atomic E-state index is -0.417. The molecule has 0 fully saturated rings. The third kappa shape index (κ3) is 3.52. The van der Waals surface area contributed by atoms with Crippen LogP contribution in [0.25, 0.3) is 11.3 Å². The standard InChI is InChI=1S/C18H18N4O4S/c19-6-14(18-20-11(7-23)8-27-18)22-17(24)13-3-2-12(21-13)10-1-4-15-16(5-10)26-9-25-15/h1-5,8,14,21,23H,6-7,9,19H2,(H,22,24). The number of carbonyl (C=O) groups is 1. The van der Waals surface area contributed by atoms with Crippen LogP contribution in [0, 0.1) is 0 Å². The first-order chi connectivity index (χ1) is 13.2. The summed E-state index contributed by atoms with van der Waals surface area (Å²) in [5.41, 5.74) is 8.44. The van der Waals surface area contributed by atoms with Gasteiger partial charge in [-0.15, -0.1) is 11.3 Å². The number of nitrogens with one attached hydrogen (secondary N) is 2. The SMILES string of the molecule is NCC(NC(=O)c1ccc(-c2ccc3c(c2)OCO3)[nH]1)c1nc(CO)cs1. The molecular formula is C18H18N4O4S. The van der Waals surface area contributed by atoms with Crippen molar-refractivity contribution in [3.8, 4) is 22.8 Å². The number of benzene rings is 1. The van der Waals surface area contributed by atoms with Crippen molar-refractivity contribution in [1.82, 2.24) is 15.3 Å². The first-order valence-electron chi connectivity index (χ1n) is 8.33. The van der Waals surface area contributed by atoms with Crippen molar-refractivity contribution in [2.24, 2.45) is 5.73 Å². The fourth-order valence-electron chi connectivity index (χ4n) is 2.77. The van der Waals surface area contributed by atoms with Gasteiger partial charge in [-0.05, 0) is 30.3 Å². The van der Waals surface area contributed by atoms with E-state index in [9.17, 15) is 4.79 Å². The topological polar surface area (TPSA) is 122 Å². The maximum atomic E-state index is 12.6. The molecule has 1 aliphatic rings. The summed E-state index contributed by atoms with van der Waals surface area (Å²) in [5, 5.41) is 14.4. The van der Waals surface area contributed by atoms with Gasteiger partial charge in [-0.2, -0.15) is 0 Å². The highest BCUT2D eigenvalue weighted by atomic mass is 32.1. The molecule has 1 aliphatic heterocycles. The largest absolute Gasteiger partial charge is 0.454 e. The van der Waals surface area contributed by atoms with Gasteiger partial charge in [0.2, 0.25) is 6.79 Å². The second-order valence-corrected chi connectivity index (χ2v) is 6.84. The Hall–Kier alpha value is -2.88. The van der Waals surface area contributed by atoms with Crippen LogP contribution in [0.5, 0.6) is 11.5 Å². The predicted molar refractivity (Wildman–Crippen MR) is 99.7 cm³/mol. The van der Waals surface area contributed by atoms with Gasteiger partial charge in [0, 0.05) is 23.2 Å². The molecule has 4 rings (SSSR count). The summed E-state index contributed by atoms with van der Waals surface area (Å²) >= 11 is 1.36. The molecule has 8 nitrogen and oxygen atoms in total. The van der Waals surface area contributed by atoms with E-state index in [0.717, 1.165) is 11.3 Å². The molecule has 0 bridgehead atoms. The average Bonchev–Trinajstić information content (AvgIpc) is 3.45. The molecule has 1 aromatic carbocycles. The lowest BCUT2D eigenvalue weighted by Gasteiger charge is -2.13. The van der Waals surface area contributed by atoms with Gasteiger partial charge in [0.1, 0.15) is 10.7 Å². The van der Waals surface area contributed by atoms with Gasteiger partial charge in [0.15, 0.2) is 11.5 Å². The number of fused-ring (bicyclic) bond motifs is 1. The maximum absolute atomic E-state index is 12.6. The highest BCUT2D eigenvalue weighted by Crippen LogP contribution is 2.35. The van der Waals surface area contributed by atoms with Crippen molar-refractivity contribution in [3.63, 3.8) is 0 Å². The molecule has 3 heterocycles. The Labute approximate surface area is 159 Å². The zero-order valence-electron chi connectivity index (χ0n) is 14.3. The number of thiazole rings is 1. The molecule has 3 aromatic rings. The second kappa shape index (κ2) is 7.39. The molecule has 140 valence electrons. The van der Waals surface area contributed by atoms with Crippen molar-refractivity contribution < 1.29 is 19.4 Å². The second-order valence-electron chi connectivity index (χ2n) is 5.95. The first kappa shape index (κ1) is 17.5. The van der Waals surface area contributed by atoms with Crippen LogP contribution in [0.15, 0.2) is 35.7 Å². The Balaban J connectivity index is 1.49. The molecule has 2 aromatic heterocycles. The van der Waals surface area contributed by atoms with Crippen molar-refractivity contribution >= 4 is 17.2 Å². The van der Waals surface area contributed by atoms with E-state index in [4.69, 9.17) is 20.3 Å². The van der Waals surface area contributed by atoms with E-state index < -0.39 is 6.04 Å². The van der Waals surface area contributed by atoms with E-state index >= 15 is 0 Å². The molecule has 0 aliphatic carbocycles. The number of aromatic nitrogens is 2.